The first-order chi connectivity index (χ1) is 9.65. The molecular formula is C13H9ClO5S. The van der Waals surface area contributed by atoms with Crippen LogP contribution in [-0.2, 0) is 6.61 Å². The maximum atomic E-state index is 11.0. The van der Waals surface area contributed by atoms with Crippen LogP contribution in [0.1, 0.15) is 15.2 Å². The monoisotopic (exact) mass is 312 g/mol. The number of carbonyl (C=O) groups is 1. The second-order valence-electron chi connectivity index (χ2n) is 4.02. The zero-order valence-corrected chi connectivity index (χ0v) is 11.7. The fourth-order valence-corrected chi connectivity index (χ4v) is 2.79. The lowest BCUT2D eigenvalue weighted by atomic mass is 10.2. The highest BCUT2D eigenvalue weighted by atomic mass is 35.5. The molecule has 0 atom stereocenters. The molecule has 0 spiro atoms. The molecule has 1 aliphatic rings. The number of aromatic carboxylic acids is 1. The highest BCUT2D eigenvalue weighted by molar-refractivity contribution is 7.12. The van der Waals surface area contributed by atoms with Crippen LogP contribution >= 0.6 is 22.9 Å². The lowest BCUT2D eigenvalue weighted by Crippen LogP contribution is -2.00. The average molecular weight is 313 g/mol. The zero-order valence-electron chi connectivity index (χ0n) is 10.1. The molecule has 104 valence electrons. The van der Waals surface area contributed by atoms with Crippen LogP contribution in [0.2, 0.25) is 5.02 Å². The number of hydrogen-bond donors (Lipinski definition) is 1. The fourth-order valence-electron chi connectivity index (χ4n) is 1.83. The summed E-state index contributed by atoms with van der Waals surface area (Å²) in [5, 5.41) is 11.1. The minimum Gasteiger partial charge on any atom is -0.487 e. The molecule has 20 heavy (non-hydrogen) atoms. The summed E-state index contributed by atoms with van der Waals surface area (Å²) in [4.78, 5) is 11.2. The molecule has 2 aromatic rings. The van der Waals surface area contributed by atoms with E-state index in [1.54, 1.807) is 23.6 Å². The highest BCUT2D eigenvalue weighted by Gasteiger charge is 2.19. The van der Waals surface area contributed by atoms with Gasteiger partial charge in [-0.25, -0.2) is 4.79 Å². The zero-order chi connectivity index (χ0) is 14.1. The van der Waals surface area contributed by atoms with Crippen LogP contribution in [0, 0.1) is 0 Å². The van der Waals surface area contributed by atoms with Gasteiger partial charge in [0.1, 0.15) is 12.4 Å². The number of fused-ring (bicyclic) bond motifs is 1. The van der Waals surface area contributed by atoms with Gasteiger partial charge in [-0.05, 0) is 29.1 Å². The first-order valence-corrected chi connectivity index (χ1v) is 6.92. The molecule has 2 heterocycles. The Balaban J connectivity index is 1.77. The van der Waals surface area contributed by atoms with Crippen molar-refractivity contribution in [2.75, 3.05) is 6.79 Å². The van der Waals surface area contributed by atoms with Crippen molar-refractivity contribution in [3.8, 4) is 17.2 Å². The molecule has 1 N–H and O–H groups in total. The number of carboxylic acid groups (broad SMARTS) is 1. The van der Waals surface area contributed by atoms with Crippen molar-refractivity contribution in [1.82, 2.24) is 0 Å². The Labute approximate surface area is 123 Å². The van der Waals surface area contributed by atoms with Crippen LogP contribution in [0.4, 0.5) is 0 Å². The Hall–Kier alpha value is -1.92. The lowest BCUT2D eigenvalue weighted by molar-refractivity contribution is 0.0697. The summed E-state index contributed by atoms with van der Waals surface area (Å²) in [5.41, 5.74) is 0.779. The van der Waals surface area contributed by atoms with Crippen molar-refractivity contribution in [3.05, 3.63) is 39.0 Å². The van der Waals surface area contributed by atoms with Crippen LogP contribution in [0.5, 0.6) is 17.2 Å². The molecule has 0 saturated carbocycles. The molecule has 0 bridgehead atoms. The number of ether oxygens (including phenoxy) is 3. The smallest absolute Gasteiger partial charge is 0.349 e. The predicted octanol–water partition coefficient (Wildman–Crippen LogP) is 3.41. The molecule has 0 amide bonds. The molecule has 0 fully saturated rings. The van der Waals surface area contributed by atoms with Gasteiger partial charge in [0.05, 0.1) is 5.02 Å². The van der Waals surface area contributed by atoms with E-state index in [-0.39, 0.29) is 18.3 Å². The van der Waals surface area contributed by atoms with Crippen LogP contribution in [0.25, 0.3) is 0 Å². The molecule has 1 aromatic heterocycles. The summed E-state index contributed by atoms with van der Waals surface area (Å²) in [6.07, 6.45) is 0. The van der Waals surface area contributed by atoms with E-state index in [0.717, 1.165) is 16.9 Å². The number of hydrogen-bond acceptors (Lipinski definition) is 5. The first kappa shape index (κ1) is 13.1. The average Bonchev–Trinajstić information content (AvgIpc) is 3.04. The maximum Gasteiger partial charge on any atom is 0.349 e. The van der Waals surface area contributed by atoms with Crippen LogP contribution in [-0.4, -0.2) is 17.9 Å². The number of halogens is 1. The van der Waals surface area contributed by atoms with Gasteiger partial charge in [0, 0.05) is 0 Å². The van der Waals surface area contributed by atoms with Crippen molar-refractivity contribution in [1.29, 1.82) is 0 Å². The largest absolute Gasteiger partial charge is 0.487 e. The maximum absolute atomic E-state index is 11.0. The van der Waals surface area contributed by atoms with E-state index in [9.17, 15) is 4.79 Å². The van der Waals surface area contributed by atoms with Crippen molar-refractivity contribution in [2.45, 2.75) is 6.61 Å². The topological polar surface area (TPSA) is 65.0 Å². The molecule has 7 heteroatoms. The summed E-state index contributed by atoms with van der Waals surface area (Å²) in [5.74, 6) is 0.437. The molecule has 5 nitrogen and oxygen atoms in total. The van der Waals surface area contributed by atoms with Gasteiger partial charge in [-0.1, -0.05) is 11.6 Å². The van der Waals surface area contributed by atoms with Gasteiger partial charge in [0.25, 0.3) is 0 Å². The summed E-state index contributed by atoms with van der Waals surface area (Å²) in [7, 11) is 0. The Kier molecular flexibility index (Phi) is 3.42. The third-order valence-corrected chi connectivity index (χ3v) is 3.87. The van der Waals surface area contributed by atoms with Gasteiger partial charge in [-0.3, -0.25) is 0 Å². The van der Waals surface area contributed by atoms with E-state index in [2.05, 4.69) is 0 Å². The fraction of sp³-hybridized carbons (Fsp3) is 0.154. The molecule has 0 radical (unpaired) electrons. The van der Waals surface area contributed by atoms with Crippen molar-refractivity contribution < 1.29 is 24.1 Å². The third-order valence-electron chi connectivity index (χ3n) is 2.70. The molecular weight excluding hydrogens is 304 g/mol. The van der Waals surface area contributed by atoms with Crippen molar-refractivity contribution in [2.24, 2.45) is 0 Å². The SMILES string of the molecule is O=C(O)c1sccc1OCc1cc(Cl)c2c(c1)OCO2. The van der Waals surface area contributed by atoms with E-state index in [0.29, 0.717) is 22.3 Å². The quantitative estimate of drug-likeness (QED) is 0.937. The molecule has 0 unspecified atom stereocenters. The highest BCUT2D eigenvalue weighted by Crippen LogP contribution is 2.40. The Morgan fingerprint density at radius 1 is 1.45 bits per heavy atom. The number of rotatable bonds is 4. The van der Waals surface area contributed by atoms with Crippen LogP contribution < -0.4 is 14.2 Å². The van der Waals surface area contributed by atoms with E-state index in [4.69, 9.17) is 30.9 Å². The number of benzene rings is 1. The Morgan fingerprint density at radius 3 is 3.10 bits per heavy atom. The minimum absolute atomic E-state index is 0.146. The summed E-state index contributed by atoms with van der Waals surface area (Å²) in [6, 6.07) is 5.10. The Morgan fingerprint density at radius 2 is 2.30 bits per heavy atom. The van der Waals surface area contributed by atoms with Gasteiger partial charge in [0.15, 0.2) is 16.4 Å². The molecule has 1 aromatic carbocycles. The summed E-state index contributed by atoms with van der Waals surface area (Å²) < 4.78 is 16.0. The second kappa shape index (κ2) is 5.22. The van der Waals surface area contributed by atoms with E-state index < -0.39 is 5.97 Å². The lowest BCUT2D eigenvalue weighted by Gasteiger charge is -2.07. The second-order valence-corrected chi connectivity index (χ2v) is 5.34. The van der Waals surface area contributed by atoms with Gasteiger partial charge in [-0.15, -0.1) is 11.3 Å². The van der Waals surface area contributed by atoms with Crippen LogP contribution in [0.3, 0.4) is 0 Å². The third kappa shape index (κ3) is 2.39. The normalized spacial score (nSPS) is 12.4. The Bertz CT molecular complexity index is 667. The summed E-state index contributed by atoms with van der Waals surface area (Å²) >= 11 is 7.19. The van der Waals surface area contributed by atoms with E-state index >= 15 is 0 Å². The standard InChI is InChI=1S/C13H9ClO5S/c14-8-3-7(4-10-11(8)19-6-18-10)5-17-9-1-2-20-12(9)13(15)16/h1-4H,5-6H2,(H,15,16). The molecule has 3 rings (SSSR count). The molecule has 1 aliphatic heterocycles. The summed E-state index contributed by atoms with van der Waals surface area (Å²) in [6.45, 7) is 0.348. The number of carboxylic acids is 1. The van der Waals surface area contributed by atoms with E-state index in [1.165, 1.54) is 0 Å². The molecule has 0 saturated heterocycles. The first-order valence-electron chi connectivity index (χ1n) is 5.67. The van der Waals surface area contributed by atoms with Gasteiger partial charge >= 0.3 is 5.97 Å². The minimum atomic E-state index is -1.00. The molecule has 0 aliphatic carbocycles. The van der Waals surface area contributed by atoms with Crippen molar-refractivity contribution >= 4 is 28.9 Å². The van der Waals surface area contributed by atoms with Crippen LogP contribution in [0.15, 0.2) is 23.6 Å². The van der Waals surface area contributed by atoms with Gasteiger partial charge in [0.2, 0.25) is 6.79 Å². The van der Waals surface area contributed by atoms with Gasteiger partial charge in [-0.2, -0.15) is 0 Å². The number of thiophene rings is 1. The predicted molar refractivity (Wildman–Crippen MR) is 73.2 cm³/mol. The van der Waals surface area contributed by atoms with E-state index in [1.807, 2.05) is 0 Å². The van der Waals surface area contributed by atoms with Gasteiger partial charge < -0.3 is 19.3 Å². The van der Waals surface area contributed by atoms with Crippen molar-refractivity contribution in [3.63, 3.8) is 0 Å².